The van der Waals surface area contributed by atoms with Gasteiger partial charge in [-0.3, -0.25) is 15.0 Å². The third-order valence-corrected chi connectivity index (χ3v) is 7.13. The van der Waals surface area contributed by atoms with Gasteiger partial charge in [0, 0.05) is 25.5 Å². The number of aromatic nitrogens is 1. The Bertz CT molecular complexity index is 1290. The summed E-state index contributed by atoms with van der Waals surface area (Å²) in [7, 11) is 1.84. The molecule has 1 fully saturated rings. The molecule has 4 heterocycles. The molecule has 3 aromatic rings. The Morgan fingerprint density at radius 3 is 2.83 bits per heavy atom. The number of benzene rings is 1. The third-order valence-electron chi connectivity index (χ3n) is 6.13. The van der Waals surface area contributed by atoms with Crippen molar-refractivity contribution in [3.8, 4) is 0 Å². The Morgan fingerprint density at radius 1 is 1.43 bits per heavy atom. The number of carboxylic acid groups (broad SMARTS) is 1. The van der Waals surface area contributed by atoms with Crippen LogP contribution in [0.25, 0.3) is 15.7 Å². The molecule has 158 valence electrons. The van der Waals surface area contributed by atoms with Gasteiger partial charge in [-0.2, -0.15) is 0 Å². The van der Waals surface area contributed by atoms with E-state index in [9.17, 15) is 14.7 Å². The predicted octanol–water partition coefficient (Wildman–Crippen LogP) is 1.37. The largest absolute Gasteiger partial charge is 0.477 e. The fraction of sp³-hybridized carbons (Fsp3) is 0.368. The highest BCUT2D eigenvalue weighted by molar-refractivity contribution is 7.16. The summed E-state index contributed by atoms with van der Waals surface area (Å²) in [5.41, 5.74) is 9.09. The molecule has 2 aliphatic heterocycles. The van der Waals surface area contributed by atoms with Crippen LogP contribution < -0.4 is 32.2 Å². The van der Waals surface area contributed by atoms with Gasteiger partial charge in [0.2, 0.25) is 5.43 Å². The first kappa shape index (κ1) is 19.1. The first-order chi connectivity index (χ1) is 14.4. The van der Waals surface area contributed by atoms with Crippen LogP contribution in [0.2, 0.25) is 0 Å². The van der Waals surface area contributed by atoms with Gasteiger partial charge in [0.25, 0.3) is 0 Å². The maximum Gasteiger partial charge on any atom is 0.342 e. The number of nitrogens with two attached hydrogens (primary N) is 2. The average Bonchev–Trinajstić information content (AvgIpc) is 3.34. The number of aromatic carboxylic acids is 1. The molecule has 1 saturated heterocycles. The van der Waals surface area contributed by atoms with E-state index in [2.05, 4.69) is 5.43 Å². The number of anilines is 3. The lowest BCUT2D eigenvalue weighted by atomic mass is 10.0. The van der Waals surface area contributed by atoms with Crippen LogP contribution in [0.1, 0.15) is 22.5 Å². The molecule has 1 aromatic carbocycles. The number of thiazole rings is 1. The minimum atomic E-state index is -1.35. The number of carbonyl (C=O) groups is 1. The predicted molar refractivity (Wildman–Crippen MR) is 115 cm³/mol. The van der Waals surface area contributed by atoms with E-state index in [1.54, 1.807) is 4.40 Å². The van der Waals surface area contributed by atoms with Crippen LogP contribution in [-0.2, 0) is 6.54 Å². The fourth-order valence-corrected chi connectivity index (χ4v) is 5.79. The number of pyridine rings is 1. The summed E-state index contributed by atoms with van der Waals surface area (Å²) in [5.74, 6) is 3.91. The number of hydrogen-bond donors (Lipinski definition) is 4. The monoisotopic (exact) mass is 432 g/mol. The van der Waals surface area contributed by atoms with E-state index in [0.29, 0.717) is 47.9 Å². The van der Waals surface area contributed by atoms with Crippen molar-refractivity contribution in [3.63, 3.8) is 0 Å². The highest BCUT2D eigenvalue weighted by Gasteiger charge is 2.36. The molecule has 11 heteroatoms. The molecule has 0 saturated carbocycles. The SMILES string of the molecule is CN1Cc2csc3c(C(=O)O)c(=O)c4c(NN)c(F)c(N5CCC(CN)C5)c1c4n23. The fourth-order valence-electron chi connectivity index (χ4n) is 4.75. The van der Waals surface area contributed by atoms with Crippen LogP contribution in [0.5, 0.6) is 0 Å². The molecule has 0 amide bonds. The minimum Gasteiger partial charge on any atom is -0.477 e. The number of hydrogen-bond acceptors (Lipinski definition) is 8. The zero-order chi connectivity index (χ0) is 21.3. The van der Waals surface area contributed by atoms with Crippen LogP contribution in [0.4, 0.5) is 21.5 Å². The first-order valence-corrected chi connectivity index (χ1v) is 10.5. The van der Waals surface area contributed by atoms with E-state index >= 15 is 4.39 Å². The van der Waals surface area contributed by atoms with Gasteiger partial charge in [-0.05, 0) is 18.9 Å². The lowest BCUT2D eigenvalue weighted by Crippen LogP contribution is -2.32. The average molecular weight is 432 g/mol. The number of nitrogens with zero attached hydrogens (tertiary/aromatic N) is 3. The number of nitrogen functional groups attached to an aromatic ring is 1. The van der Waals surface area contributed by atoms with Gasteiger partial charge in [0.05, 0.1) is 28.8 Å². The Labute approximate surface area is 174 Å². The van der Waals surface area contributed by atoms with Crippen molar-refractivity contribution in [2.24, 2.45) is 17.5 Å². The minimum absolute atomic E-state index is 0.0515. The smallest absolute Gasteiger partial charge is 0.342 e. The standard InChI is InChI=1S/C19H21FN6O3S/c1-24-6-9-7-30-18-11(19(28)29)17(27)10-13(23-22)12(20)15(16(24)14(10)26(9)18)25-3-2-8(4-21)5-25/h7-8,23H,2-6,21-22H2,1H3,(H,28,29). The lowest BCUT2D eigenvalue weighted by molar-refractivity contribution is 0.0697. The second-order valence-electron chi connectivity index (χ2n) is 7.82. The zero-order valence-corrected chi connectivity index (χ0v) is 17.1. The molecule has 0 spiro atoms. The normalized spacial score (nSPS) is 18.2. The molecule has 0 bridgehead atoms. The van der Waals surface area contributed by atoms with Crippen molar-refractivity contribution < 1.29 is 14.3 Å². The molecular weight excluding hydrogens is 411 g/mol. The lowest BCUT2D eigenvalue weighted by Gasteiger charge is -2.33. The summed E-state index contributed by atoms with van der Waals surface area (Å²) in [4.78, 5) is 29.3. The summed E-state index contributed by atoms with van der Waals surface area (Å²) < 4.78 is 17.6. The topological polar surface area (TPSA) is 129 Å². The van der Waals surface area contributed by atoms with E-state index in [1.807, 2.05) is 22.2 Å². The molecule has 6 N–H and O–H groups in total. The first-order valence-electron chi connectivity index (χ1n) is 9.59. The van der Waals surface area contributed by atoms with Gasteiger partial charge in [-0.15, -0.1) is 11.3 Å². The molecule has 0 aliphatic carbocycles. The molecule has 2 aliphatic rings. The summed E-state index contributed by atoms with van der Waals surface area (Å²) in [6, 6.07) is 0. The third kappa shape index (κ3) is 2.33. The molecule has 30 heavy (non-hydrogen) atoms. The summed E-state index contributed by atoms with van der Waals surface area (Å²) >= 11 is 1.20. The highest BCUT2D eigenvalue weighted by Crippen LogP contribution is 2.47. The zero-order valence-electron chi connectivity index (χ0n) is 16.2. The van der Waals surface area contributed by atoms with Crippen molar-refractivity contribution in [3.05, 3.63) is 32.7 Å². The molecule has 1 atom stereocenters. The van der Waals surface area contributed by atoms with Gasteiger partial charge in [-0.1, -0.05) is 0 Å². The number of rotatable bonds is 4. The van der Waals surface area contributed by atoms with Crippen LogP contribution in [0.15, 0.2) is 10.2 Å². The summed E-state index contributed by atoms with van der Waals surface area (Å²) in [5, 5.41) is 11.5. The van der Waals surface area contributed by atoms with Crippen molar-refractivity contribution in [2.45, 2.75) is 13.0 Å². The number of hydrazine groups is 1. The summed E-state index contributed by atoms with van der Waals surface area (Å²) in [6.45, 7) is 2.21. The van der Waals surface area contributed by atoms with Gasteiger partial charge < -0.3 is 26.1 Å². The molecule has 5 rings (SSSR count). The summed E-state index contributed by atoms with van der Waals surface area (Å²) in [6.07, 6.45) is 0.847. The molecular formula is C19H21FN6O3S. The maximum atomic E-state index is 15.8. The van der Waals surface area contributed by atoms with Crippen molar-refractivity contribution in [2.75, 3.05) is 41.9 Å². The highest BCUT2D eigenvalue weighted by atomic mass is 32.1. The molecule has 2 aromatic heterocycles. The molecule has 1 unspecified atom stereocenters. The Balaban J connectivity index is 1.99. The van der Waals surface area contributed by atoms with Gasteiger partial charge in [0.15, 0.2) is 5.82 Å². The van der Waals surface area contributed by atoms with Gasteiger partial charge in [-0.25, -0.2) is 9.18 Å². The quantitative estimate of drug-likeness (QED) is 0.359. The van der Waals surface area contributed by atoms with Crippen molar-refractivity contribution >= 4 is 50.1 Å². The number of halogens is 1. The van der Waals surface area contributed by atoms with Crippen LogP contribution in [0.3, 0.4) is 0 Å². The van der Waals surface area contributed by atoms with Crippen molar-refractivity contribution in [1.29, 1.82) is 0 Å². The van der Waals surface area contributed by atoms with Crippen LogP contribution in [-0.4, -0.2) is 42.2 Å². The maximum absolute atomic E-state index is 15.8. The second-order valence-corrected chi connectivity index (χ2v) is 8.68. The Hall–Kier alpha value is -2.89. The Morgan fingerprint density at radius 2 is 2.20 bits per heavy atom. The van der Waals surface area contributed by atoms with Gasteiger partial charge in [0.1, 0.15) is 21.8 Å². The molecule has 0 radical (unpaired) electrons. The Kier molecular flexibility index (Phi) is 4.17. The number of nitrogens with one attached hydrogen (secondary N) is 1. The van der Waals surface area contributed by atoms with Crippen LogP contribution >= 0.6 is 11.3 Å². The van der Waals surface area contributed by atoms with E-state index in [1.165, 1.54) is 11.3 Å². The van der Waals surface area contributed by atoms with Gasteiger partial charge >= 0.3 is 5.97 Å². The van der Waals surface area contributed by atoms with E-state index in [0.717, 1.165) is 12.1 Å². The van der Waals surface area contributed by atoms with Crippen LogP contribution in [0, 0.1) is 11.7 Å². The number of carboxylic acids is 1. The molecule has 9 nitrogen and oxygen atoms in total. The van der Waals surface area contributed by atoms with E-state index < -0.39 is 17.2 Å². The van der Waals surface area contributed by atoms with E-state index in [-0.39, 0.29) is 22.6 Å². The second kappa shape index (κ2) is 6.56. The van der Waals surface area contributed by atoms with Crippen molar-refractivity contribution in [1.82, 2.24) is 4.40 Å². The van der Waals surface area contributed by atoms with E-state index in [4.69, 9.17) is 11.6 Å².